The second kappa shape index (κ2) is 5.31. The molecule has 0 atom stereocenters. The minimum absolute atomic E-state index is 0.000671. The van der Waals surface area contributed by atoms with Gasteiger partial charge in [-0.15, -0.1) is 0 Å². The predicted molar refractivity (Wildman–Crippen MR) is 84.5 cm³/mol. The van der Waals surface area contributed by atoms with E-state index in [1.54, 1.807) is 30.3 Å². The molecule has 1 heterocycles. The van der Waals surface area contributed by atoms with Crippen LogP contribution in [-0.4, -0.2) is 14.3 Å². The summed E-state index contributed by atoms with van der Waals surface area (Å²) in [4.78, 5) is 12.4. The fourth-order valence-corrected chi connectivity index (χ4v) is 3.42. The van der Waals surface area contributed by atoms with Crippen molar-refractivity contribution in [1.29, 1.82) is 0 Å². The van der Waals surface area contributed by atoms with E-state index in [1.807, 2.05) is 19.1 Å². The molecule has 6 heteroatoms. The maximum atomic E-state index is 12.2. The van der Waals surface area contributed by atoms with Gasteiger partial charge in [0.1, 0.15) is 5.70 Å². The quantitative estimate of drug-likeness (QED) is 0.893. The molecule has 0 unspecified atom stereocenters. The molecular formula is C16H14N2O3S. The van der Waals surface area contributed by atoms with Crippen molar-refractivity contribution >= 4 is 27.7 Å². The van der Waals surface area contributed by atoms with Gasteiger partial charge in [0.2, 0.25) is 0 Å². The molecule has 0 aliphatic carbocycles. The number of hydrogen-bond acceptors (Lipinski definition) is 3. The Morgan fingerprint density at radius 2 is 1.73 bits per heavy atom. The van der Waals surface area contributed by atoms with Crippen molar-refractivity contribution in [3.63, 3.8) is 0 Å². The van der Waals surface area contributed by atoms with Crippen LogP contribution in [0.3, 0.4) is 0 Å². The molecule has 0 aromatic heterocycles. The van der Waals surface area contributed by atoms with E-state index in [0.29, 0.717) is 11.3 Å². The van der Waals surface area contributed by atoms with Gasteiger partial charge in [0.15, 0.2) is 0 Å². The lowest BCUT2D eigenvalue weighted by Crippen LogP contribution is -2.33. The Labute approximate surface area is 128 Å². The monoisotopic (exact) mass is 314 g/mol. The average Bonchev–Trinajstić information content (AvgIpc) is 2.49. The van der Waals surface area contributed by atoms with Crippen molar-refractivity contribution in [3.05, 3.63) is 65.4 Å². The molecule has 5 nitrogen and oxygen atoms in total. The van der Waals surface area contributed by atoms with Crippen LogP contribution in [0.15, 0.2) is 59.1 Å². The van der Waals surface area contributed by atoms with Crippen molar-refractivity contribution in [2.75, 3.05) is 5.32 Å². The van der Waals surface area contributed by atoms with Gasteiger partial charge < -0.3 is 5.32 Å². The van der Waals surface area contributed by atoms with E-state index in [0.717, 1.165) is 5.56 Å². The van der Waals surface area contributed by atoms with Crippen LogP contribution in [0.5, 0.6) is 0 Å². The minimum Gasteiger partial charge on any atom is -0.321 e. The molecule has 0 saturated heterocycles. The van der Waals surface area contributed by atoms with E-state index < -0.39 is 15.9 Å². The Morgan fingerprint density at radius 3 is 2.45 bits per heavy atom. The van der Waals surface area contributed by atoms with Crippen LogP contribution in [0.1, 0.15) is 11.1 Å². The highest BCUT2D eigenvalue weighted by Crippen LogP contribution is 2.24. The predicted octanol–water partition coefficient (Wildman–Crippen LogP) is 2.27. The maximum Gasteiger partial charge on any atom is 0.272 e. The Balaban J connectivity index is 1.91. The summed E-state index contributed by atoms with van der Waals surface area (Å²) in [6.07, 6.45) is 1.53. The Kier molecular flexibility index (Phi) is 3.46. The lowest BCUT2D eigenvalue weighted by molar-refractivity contribution is -0.113. The number of anilines is 1. The summed E-state index contributed by atoms with van der Waals surface area (Å²) >= 11 is 0. The van der Waals surface area contributed by atoms with Crippen molar-refractivity contribution in [2.24, 2.45) is 0 Å². The molecule has 1 amide bonds. The number of fused-ring (bicyclic) bond motifs is 1. The summed E-state index contributed by atoms with van der Waals surface area (Å²) in [5.41, 5.74) is 2.17. The second-order valence-corrected chi connectivity index (χ2v) is 6.67. The molecule has 0 fully saturated rings. The molecule has 22 heavy (non-hydrogen) atoms. The molecule has 1 aliphatic heterocycles. The Hall–Kier alpha value is -2.60. The number of nitrogens with one attached hydrogen (secondary N) is 2. The number of amides is 1. The fourth-order valence-electron chi connectivity index (χ4n) is 2.18. The van der Waals surface area contributed by atoms with Crippen LogP contribution in [0.4, 0.5) is 5.69 Å². The first-order valence-electron chi connectivity index (χ1n) is 6.67. The van der Waals surface area contributed by atoms with Gasteiger partial charge in [0.25, 0.3) is 15.9 Å². The maximum absolute atomic E-state index is 12.2. The van der Waals surface area contributed by atoms with E-state index in [-0.39, 0.29) is 10.6 Å². The largest absolute Gasteiger partial charge is 0.321 e. The Morgan fingerprint density at radius 1 is 1.05 bits per heavy atom. The van der Waals surface area contributed by atoms with E-state index >= 15 is 0 Å². The zero-order valence-electron chi connectivity index (χ0n) is 11.8. The lowest BCUT2D eigenvalue weighted by Gasteiger charge is -2.18. The van der Waals surface area contributed by atoms with Gasteiger partial charge >= 0.3 is 0 Å². The number of hydrogen-bond donors (Lipinski definition) is 2. The molecule has 3 rings (SSSR count). The minimum atomic E-state index is -3.71. The van der Waals surface area contributed by atoms with E-state index in [9.17, 15) is 13.2 Å². The van der Waals surface area contributed by atoms with Gasteiger partial charge in [-0.1, -0.05) is 35.9 Å². The van der Waals surface area contributed by atoms with Gasteiger partial charge in [-0.2, -0.15) is 0 Å². The van der Waals surface area contributed by atoms with Crippen LogP contribution in [0.25, 0.3) is 6.08 Å². The summed E-state index contributed by atoms with van der Waals surface area (Å²) in [5.74, 6) is -0.498. The number of carbonyl (C=O) groups is 1. The standard InChI is InChI=1S/C16H14N2O3S/c1-11-6-8-13(9-7-11)17-16(19)14-10-12-4-2-3-5-15(12)22(20,21)18-14/h2-10,18H,1H3,(H,17,19). The number of aryl methyl sites for hydroxylation is 1. The highest BCUT2D eigenvalue weighted by molar-refractivity contribution is 7.89. The molecule has 0 bridgehead atoms. The van der Waals surface area contributed by atoms with Crippen molar-refractivity contribution < 1.29 is 13.2 Å². The normalized spacial score (nSPS) is 15.2. The summed E-state index contributed by atoms with van der Waals surface area (Å²) in [5, 5.41) is 2.67. The summed E-state index contributed by atoms with van der Waals surface area (Å²) in [7, 11) is -3.71. The first-order chi connectivity index (χ1) is 10.5. The molecule has 2 N–H and O–H groups in total. The number of benzene rings is 2. The van der Waals surface area contributed by atoms with E-state index in [2.05, 4.69) is 10.0 Å². The number of sulfonamides is 1. The first kappa shape index (κ1) is 14.3. The summed E-state index contributed by atoms with van der Waals surface area (Å²) in [6.45, 7) is 1.94. The molecular weight excluding hydrogens is 300 g/mol. The van der Waals surface area contributed by atoms with E-state index in [4.69, 9.17) is 0 Å². The molecule has 2 aromatic rings. The van der Waals surface area contributed by atoms with Crippen molar-refractivity contribution in [2.45, 2.75) is 11.8 Å². The third-order valence-corrected chi connectivity index (χ3v) is 4.75. The SMILES string of the molecule is Cc1ccc(NC(=O)C2=Cc3ccccc3S(=O)(=O)N2)cc1. The van der Waals surface area contributed by atoms with Crippen LogP contribution in [0, 0.1) is 6.92 Å². The van der Waals surface area contributed by atoms with Gasteiger partial charge in [-0.25, -0.2) is 8.42 Å². The van der Waals surface area contributed by atoms with Gasteiger partial charge in [-0.05, 0) is 36.8 Å². The third-order valence-electron chi connectivity index (χ3n) is 3.31. The van der Waals surface area contributed by atoms with Gasteiger partial charge in [0.05, 0.1) is 4.90 Å². The van der Waals surface area contributed by atoms with Crippen LogP contribution in [-0.2, 0) is 14.8 Å². The molecule has 0 spiro atoms. The number of rotatable bonds is 2. The first-order valence-corrected chi connectivity index (χ1v) is 8.15. The summed E-state index contributed by atoms with van der Waals surface area (Å²) in [6, 6.07) is 13.8. The van der Waals surface area contributed by atoms with Crippen LogP contribution < -0.4 is 10.0 Å². The second-order valence-electron chi connectivity index (χ2n) is 5.02. The van der Waals surface area contributed by atoms with E-state index in [1.165, 1.54) is 12.1 Å². The fraction of sp³-hybridized carbons (Fsp3) is 0.0625. The zero-order chi connectivity index (χ0) is 15.7. The zero-order valence-corrected chi connectivity index (χ0v) is 12.6. The molecule has 1 aliphatic rings. The third kappa shape index (κ3) is 2.73. The average molecular weight is 314 g/mol. The van der Waals surface area contributed by atoms with Crippen molar-refractivity contribution in [3.8, 4) is 0 Å². The Bertz CT molecular complexity index is 869. The highest BCUT2D eigenvalue weighted by Gasteiger charge is 2.26. The van der Waals surface area contributed by atoms with Crippen molar-refractivity contribution in [1.82, 2.24) is 4.72 Å². The molecule has 0 radical (unpaired) electrons. The topological polar surface area (TPSA) is 75.3 Å². The van der Waals surface area contributed by atoms with Gasteiger partial charge in [-0.3, -0.25) is 9.52 Å². The molecule has 0 saturated carbocycles. The van der Waals surface area contributed by atoms with Gasteiger partial charge in [0, 0.05) is 5.69 Å². The molecule has 112 valence electrons. The lowest BCUT2D eigenvalue weighted by atomic mass is 10.2. The molecule has 2 aromatic carbocycles. The summed E-state index contributed by atoms with van der Waals surface area (Å²) < 4.78 is 26.6. The smallest absolute Gasteiger partial charge is 0.272 e. The number of carbonyl (C=O) groups excluding carboxylic acids is 1. The van der Waals surface area contributed by atoms with Crippen LogP contribution in [0.2, 0.25) is 0 Å². The highest BCUT2D eigenvalue weighted by atomic mass is 32.2. The van der Waals surface area contributed by atoms with Crippen LogP contribution >= 0.6 is 0 Å².